The quantitative estimate of drug-likeness (QED) is 0.517. The van der Waals surface area contributed by atoms with Crippen LogP contribution < -0.4 is 21.5 Å². The van der Waals surface area contributed by atoms with Crippen molar-refractivity contribution in [2.75, 3.05) is 35.6 Å². The van der Waals surface area contributed by atoms with Crippen LogP contribution in [0.5, 0.6) is 0 Å². The highest BCUT2D eigenvalue weighted by Crippen LogP contribution is 2.20. The highest BCUT2D eigenvalue weighted by Gasteiger charge is 2.19. The summed E-state index contributed by atoms with van der Waals surface area (Å²) in [6.07, 6.45) is 0. The van der Waals surface area contributed by atoms with E-state index in [2.05, 4.69) is 20.9 Å². The van der Waals surface area contributed by atoms with Crippen molar-refractivity contribution in [3.63, 3.8) is 0 Å². The van der Waals surface area contributed by atoms with E-state index in [0.717, 1.165) is 4.73 Å². The molecule has 0 radical (unpaired) electrons. The molecule has 0 amide bonds. The van der Waals surface area contributed by atoms with Crippen LogP contribution in [0.25, 0.3) is 0 Å². The van der Waals surface area contributed by atoms with Crippen molar-refractivity contribution in [3.8, 4) is 0 Å². The Morgan fingerprint density at radius 2 is 2.24 bits per heavy atom. The molecule has 8 heteroatoms. The predicted octanol–water partition coefficient (Wildman–Crippen LogP) is -0.681. The van der Waals surface area contributed by atoms with Crippen molar-refractivity contribution in [3.05, 3.63) is 10.4 Å². The lowest BCUT2D eigenvalue weighted by Crippen LogP contribution is -2.31. The van der Waals surface area contributed by atoms with Crippen LogP contribution >= 0.6 is 0 Å². The van der Waals surface area contributed by atoms with E-state index in [1.807, 2.05) is 0 Å². The second-order valence-corrected chi connectivity index (χ2v) is 3.69. The summed E-state index contributed by atoms with van der Waals surface area (Å²) in [6, 6.07) is 0. The van der Waals surface area contributed by atoms with Gasteiger partial charge in [-0.1, -0.05) is 0 Å². The molecule has 0 fully saturated rings. The third kappa shape index (κ3) is 2.14. The minimum Gasteiger partial charge on any atom is -0.423 e. The molecule has 2 rings (SSSR count). The number of aromatic nitrogens is 2. The summed E-state index contributed by atoms with van der Waals surface area (Å²) in [5.41, 5.74) is -0.254. The Balaban J connectivity index is 2.38. The molecule has 0 saturated carbocycles. The van der Waals surface area contributed by atoms with Gasteiger partial charge in [-0.05, 0) is 6.92 Å². The molecule has 0 aliphatic carbocycles. The summed E-state index contributed by atoms with van der Waals surface area (Å²) in [6.45, 7) is 2.57. The fraction of sp³-hybridized carbons (Fsp3) is 0.444. The van der Waals surface area contributed by atoms with Crippen LogP contribution in [0.2, 0.25) is 0 Å². The third-order valence-electron chi connectivity index (χ3n) is 2.29. The highest BCUT2D eigenvalue weighted by molar-refractivity contribution is 5.80. The van der Waals surface area contributed by atoms with E-state index in [-0.39, 0.29) is 29.8 Å². The SMILES string of the molecule is CC(=O)CNc1nc(=O)c2c(n1O)NCCN2. The zero-order chi connectivity index (χ0) is 12.4. The van der Waals surface area contributed by atoms with Gasteiger partial charge >= 0.3 is 0 Å². The van der Waals surface area contributed by atoms with Gasteiger partial charge in [-0.15, -0.1) is 4.73 Å². The summed E-state index contributed by atoms with van der Waals surface area (Å²) in [5.74, 6) is 0.0745. The van der Waals surface area contributed by atoms with Crippen molar-refractivity contribution in [2.45, 2.75) is 6.92 Å². The van der Waals surface area contributed by atoms with Gasteiger partial charge in [0.05, 0.1) is 6.54 Å². The number of nitrogens with one attached hydrogen (secondary N) is 3. The second-order valence-electron chi connectivity index (χ2n) is 3.69. The van der Waals surface area contributed by atoms with Crippen molar-refractivity contribution >= 4 is 23.2 Å². The molecule has 4 N–H and O–H groups in total. The number of carbonyl (C=O) groups excluding carboxylic acids is 1. The molecule has 0 spiro atoms. The third-order valence-corrected chi connectivity index (χ3v) is 2.29. The van der Waals surface area contributed by atoms with Crippen molar-refractivity contribution < 1.29 is 10.0 Å². The second kappa shape index (κ2) is 4.32. The normalized spacial score (nSPS) is 13.2. The maximum atomic E-state index is 11.6. The minimum absolute atomic E-state index is 0.000779. The molecule has 1 aliphatic heterocycles. The largest absolute Gasteiger partial charge is 0.423 e. The van der Waals surface area contributed by atoms with Crippen LogP contribution in [0.15, 0.2) is 4.79 Å². The Labute approximate surface area is 96.6 Å². The van der Waals surface area contributed by atoms with E-state index in [0.29, 0.717) is 13.1 Å². The van der Waals surface area contributed by atoms with Gasteiger partial charge in [0.1, 0.15) is 11.5 Å². The standard InChI is InChI=1S/C9H13N5O3/c1-5(15)4-12-9-13-8(16)6-7(14(9)17)11-3-2-10-6/h10-11,17H,2-4H2,1H3,(H,12,13,16). The summed E-state index contributed by atoms with van der Waals surface area (Å²) in [7, 11) is 0. The van der Waals surface area contributed by atoms with Gasteiger partial charge in [0.2, 0.25) is 5.95 Å². The minimum atomic E-state index is -0.483. The monoisotopic (exact) mass is 239 g/mol. The first-order valence-electron chi connectivity index (χ1n) is 5.17. The molecule has 0 unspecified atom stereocenters. The molecular weight excluding hydrogens is 226 g/mol. The summed E-state index contributed by atoms with van der Waals surface area (Å²) in [4.78, 5) is 26.1. The number of nitrogens with zero attached hydrogens (tertiary/aromatic N) is 2. The van der Waals surface area contributed by atoms with Crippen molar-refractivity contribution in [2.24, 2.45) is 0 Å². The Morgan fingerprint density at radius 3 is 2.94 bits per heavy atom. The lowest BCUT2D eigenvalue weighted by atomic mass is 10.3. The summed E-state index contributed by atoms with van der Waals surface area (Å²) >= 11 is 0. The molecule has 1 aromatic heterocycles. The first-order valence-corrected chi connectivity index (χ1v) is 5.17. The number of Topliss-reactive ketones (excluding diaryl/α,β-unsaturated/α-hetero) is 1. The summed E-state index contributed by atoms with van der Waals surface area (Å²) in [5, 5.41) is 18.1. The van der Waals surface area contributed by atoms with Crippen molar-refractivity contribution in [1.82, 2.24) is 9.71 Å². The maximum absolute atomic E-state index is 11.6. The first-order chi connectivity index (χ1) is 8.09. The lowest BCUT2D eigenvalue weighted by Gasteiger charge is -2.21. The van der Waals surface area contributed by atoms with E-state index < -0.39 is 5.56 Å². The van der Waals surface area contributed by atoms with Gasteiger partial charge in [0.25, 0.3) is 5.56 Å². The molecule has 0 aromatic carbocycles. The van der Waals surface area contributed by atoms with Gasteiger partial charge in [0, 0.05) is 13.1 Å². The Kier molecular flexibility index (Phi) is 2.86. The molecule has 1 aromatic rings. The molecule has 92 valence electrons. The first kappa shape index (κ1) is 11.2. The molecule has 2 heterocycles. The topological polar surface area (TPSA) is 108 Å². The Bertz CT molecular complexity index is 510. The smallest absolute Gasteiger partial charge is 0.300 e. The molecule has 0 saturated heterocycles. The van der Waals surface area contributed by atoms with Crippen molar-refractivity contribution in [1.29, 1.82) is 0 Å². The van der Waals surface area contributed by atoms with E-state index in [1.165, 1.54) is 6.92 Å². The zero-order valence-electron chi connectivity index (χ0n) is 9.28. The zero-order valence-corrected chi connectivity index (χ0v) is 9.28. The molecule has 1 aliphatic rings. The average molecular weight is 239 g/mol. The fourth-order valence-corrected chi connectivity index (χ4v) is 1.52. The van der Waals surface area contributed by atoms with Crippen LogP contribution in [-0.2, 0) is 4.79 Å². The Morgan fingerprint density at radius 1 is 1.53 bits per heavy atom. The number of ketones is 1. The van der Waals surface area contributed by atoms with Gasteiger partial charge in [-0.3, -0.25) is 9.59 Å². The highest BCUT2D eigenvalue weighted by atomic mass is 16.5. The fourth-order valence-electron chi connectivity index (χ4n) is 1.52. The van der Waals surface area contributed by atoms with E-state index >= 15 is 0 Å². The van der Waals surface area contributed by atoms with Crippen LogP contribution in [0.1, 0.15) is 6.92 Å². The van der Waals surface area contributed by atoms with Crippen LogP contribution in [0.4, 0.5) is 17.5 Å². The van der Waals surface area contributed by atoms with Crippen LogP contribution in [0, 0.1) is 0 Å². The number of carbonyl (C=O) groups is 1. The molecule has 0 atom stereocenters. The number of hydrogen-bond acceptors (Lipinski definition) is 7. The van der Waals surface area contributed by atoms with Gasteiger partial charge < -0.3 is 21.2 Å². The number of fused-ring (bicyclic) bond motifs is 1. The molecule has 8 nitrogen and oxygen atoms in total. The van der Waals surface area contributed by atoms with Gasteiger partial charge in [0.15, 0.2) is 5.82 Å². The van der Waals surface area contributed by atoms with Gasteiger partial charge in [-0.25, -0.2) is 0 Å². The molecule has 17 heavy (non-hydrogen) atoms. The summed E-state index contributed by atoms with van der Waals surface area (Å²) < 4.78 is 0.728. The number of hydrogen-bond donors (Lipinski definition) is 4. The van der Waals surface area contributed by atoms with Crippen LogP contribution in [-0.4, -0.2) is 40.3 Å². The Hall–Kier alpha value is -2.25. The number of anilines is 3. The maximum Gasteiger partial charge on any atom is 0.300 e. The molecular formula is C9H13N5O3. The van der Waals surface area contributed by atoms with E-state index in [9.17, 15) is 14.8 Å². The molecule has 0 bridgehead atoms. The van der Waals surface area contributed by atoms with Gasteiger partial charge in [-0.2, -0.15) is 4.98 Å². The predicted molar refractivity (Wildman–Crippen MR) is 61.8 cm³/mol. The average Bonchev–Trinajstić information content (AvgIpc) is 2.32. The number of rotatable bonds is 3. The van der Waals surface area contributed by atoms with E-state index in [1.54, 1.807) is 0 Å². The lowest BCUT2D eigenvalue weighted by molar-refractivity contribution is -0.115. The van der Waals surface area contributed by atoms with E-state index in [4.69, 9.17) is 0 Å². The van der Waals surface area contributed by atoms with Crippen LogP contribution in [0.3, 0.4) is 0 Å².